The van der Waals surface area contributed by atoms with Crippen LogP contribution in [0.15, 0.2) is 24.3 Å². The first-order valence-electron chi connectivity index (χ1n) is 7.45. The second-order valence-corrected chi connectivity index (χ2v) is 5.98. The van der Waals surface area contributed by atoms with Crippen molar-refractivity contribution in [1.82, 2.24) is 4.90 Å². The van der Waals surface area contributed by atoms with Crippen LogP contribution in [0.4, 0.5) is 0 Å². The lowest BCUT2D eigenvalue weighted by Crippen LogP contribution is -2.52. The Bertz CT molecular complexity index is 592. The fraction of sp³-hybridized carbons (Fsp3) is 0.500. The van der Waals surface area contributed by atoms with Gasteiger partial charge in [-0.25, -0.2) is 4.79 Å². The lowest BCUT2D eigenvalue weighted by Gasteiger charge is -2.37. The smallest absolute Gasteiger partial charge is 0.335 e. The fourth-order valence-electron chi connectivity index (χ4n) is 3.06. The molecule has 1 aromatic rings. The molecule has 0 radical (unpaired) electrons. The van der Waals surface area contributed by atoms with Crippen molar-refractivity contribution in [2.24, 2.45) is 5.92 Å². The van der Waals surface area contributed by atoms with Gasteiger partial charge in [0, 0.05) is 25.9 Å². The molecular formula is C16H19NO5. The number of amides is 1. The topological polar surface area (TPSA) is 87.1 Å². The maximum atomic E-state index is 12.6. The molecule has 2 heterocycles. The van der Waals surface area contributed by atoms with E-state index in [-0.39, 0.29) is 37.8 Å². The minimum absolute atomic E-state index is 0.0260. The van der Waals surface area contributed by atoms with E-state index in [4.69, 9.17) is 9.84 Å². The third-order valence-corrected chi connectivity index (χ3v) is 4.53. The van der Waals surface area contributed by atoms with E-state index in [1.165, 1.54) is 0 Å². The predicted molar refractivity (Wildman–Crippen MR) is 77.5 cm³/mol. The average Bonchev–Trinajstić information content (AvgIpc) is 2.54. The maximum Gasteiger partial charge on any atom is 0.335 e. The summed E-state index contributed by atoms with van der Waals surface area (Å²) >= 11 is 0. The van der Waals surface area contributed by atoms with Crippen LogP contribution in [-0.4, -0.2) is 52.3 Å². The summed E-state index contributed by atoms with van der Waals surface area (Å²) in [6.07, 6.45) is 0.769. The Morgan fingerprint density at radius 3 is 2.59 bits per heavy atom. The molecule has 118 valence electrons. The monoisotopic (exact) mass is 305 g/mol. The lowest BCUT2D eigenvalue weighted by molar-refractivity contribution is -0.166. The highest BCUT2D eigenvalue weighted by molar-refractivity contribution is 5.81. The van der Waals surface area contributed by atoms with Gasteiger partial charge in [-0.1, -0.05) is 18.2 Å². The van der Waals surface area contributed by atoms with Crippen LogP contribution in [0, 0.1) is 5.92 Å². The Labute approximate surface area is 128 Å². The highest BCUT2D eigenvalue weighted by Crippen LogP contribution is 2.29. The highest BCUT2D eigenvalue weighted by Gasteiger charge is 2.41. The van der Waals surface area contributed by atoms with Crippen molar-refractivity contribution < 1.29 is 24.5 Å². The minimum Gasteiger partial charge on any atom is -0.492 e. The summed E-state index contributed by atoms with van der Waals surface area (Å²) in [6, 6.07) is 7.67. The van der Waals surface area contributed by atoms with Crippen LogP contribution < -0.4 is 4.74 Å². The second kappa shape index (κ2) is 5.61. The molecule has 1 atom stereocenters. The summed E-state index contributed by atoms with van der Waals surface area (Å²) < 4.78 is 5.64. The molecule has 0 aromatic heterocycles. The van der Waals surface area contributed by atoms with E-state index in [9.17, 15) is 14.7 Å². The molecular weight excluding hydrogens is 286 g/mol. The van der Waals surface area contributed by atoms with Crippen LogP contribution in [-0.2, 0) is 16.0 Å². The molecule has 1 saturated heterocycles. The standard InChI is InChI=1S/C16H19NO5/c18-14(17-7-5-16(21,6-8-17)15(19)20)12-9-11-3-1-2-4-13(11)22-10-12/h1-4,12,21H,5-10H2,(H,19,20). The normalized spacial score (nSPS) is 23.3. The van der Waals surface area contributed by atoms with E-state index in [0.717, 1.165) is 11.3 Å². The predicted octanol–water partition coefficient (Wildman–Crippen LogP) is 0.676. The summed E-state index contributed by atoms with van der Waals surface area (Å²) in [5.41, 5.74) is -0.682. The third-order valence-electron chi connectivity index (χ3n) is 4.53. The number of likely N-dealkylation sites (tertiary alicyclic amines) is 1. The Morgan fingerprint density at radius 1 is 1.23 bits per heavy atom. The van der Waals surface area contributed by atoms with Gasteiger partial charge in [0.05, 0.1) is 5.92 Å². The Morgan fingerprint density at radius 2 is 1.91 bits per heavy atom. The number of carbonyl (C=O) groups is 2. The van der Waals surface area contributed by atoms with Crippen molar-refractivity contribution >= 4 is 11.9 Å². The number of carboxylic acids is 1. The van der Waals surface area contributed by atoms with E-state index in [1.807, 2.05) is 24.3 Å². The molecule has 2 aliphatic heterocycles. The van der Waals surface area contributed by atoms with E-state index in [1.54, 1.807) is 4.90 Å². The number of ether oxygens (including phenoxy) is 1. The van der Waals surface area contributed by atoms with Gasteiger partial charge in [0.15, 0.2) is 5.60 Å². The molecule has 1 unspecified atom stereocenters. The number of hydrogen-bond acceptors (Lipinski definition) is 4. The third kappa shape index (κ3) is 2.66. The molecule has 0 spiro atoms. The Hall–Kier alpha value is -2.08. The molecule has 1 fully saturated rings. The first kappa shape index (κ1) is 14.8. The molecule has 1 aromatic carbocycles. The van der Waals surface area contributed by atoms with Crippen molar-refractivity contribution in [3.8, 4) is 5.75 Å². The van der Waals surface area contributed by atoms with Crippen molar-refractivity contribution in [3.63, 3.8) is 0 Å². The van der Waals surface area contributed by atoms with Gasteiger partial charge in [0.1, 0.15) is 12.4 Å². The number of hydrogen-bond donors (Lipinski definition) is 2. The number of fused-ring (bicyclic) bond motifs is 1. The lowest BCUT2D eigenvalue weighted by atomic mass is 9.89. The fourth-order valence-corrected chi connectivity index (χ4v) is 3.06. The van der Waals surface area contributed by atoms with E-state index < -0.39 is 11.6 Å². The van der Waals surface area contributed by atoms with Crippen LogP contribution in [0.2, 0.25) is 0 Å². The SMILES string of the molecule is O=C(C1COc2ccccc2C1)N1CCC(O)(C(=O)O)CC1. The maximum absolute atomic E-state index is 12.6. The van der Waals surface area contributed by atoms with Crippen molar-refractivity contribution in [2.45, 2.75) is 24.9 Å². The number of para-hydroxylation sites is 1. The highest BCUT2D eigenvalue weighted by atomic mass is 16.5. The summed E-state index contributed by atoms with van der Waals surface area (Å²) in [5.74, 6) is -0.659. The number of rotatable bonds is 2. The molecule has 2 N–H and O–H groups in total. The summed E-state index contributed by atoms with van der Waals surface area (Å²) in [7, 11) is 0. The molecule has 0 saturated carbocycles. The van der Waals surface area contributed by atoms with Crippen LogP contribution >= 0.6 is 0 Å². The first-order chi connectivity index (χ1) is 10.5. The van der Waals surface area contributed by atoms with Gasteiger partial charge in [-0.05, 0) is 18.1 Å². The zero-order chi connectivity index (χ0) is 15.7. The summed E-state index contributed by atoms with van der Waals surface area (Å²) in [6.45, 7) is 0.870. The van der Waals surface area contributed by atoms with Crippen LogP contribution in [0.25, 0.3) is 0 Å². The zero-order valence-corrected chi connectivity index (χ0v) is 12.2. The number of carboxylic acid groups (broad SMARTS) is 1. The Balaban J connectivity index is 1.63. The molecule has 3 rings (SSSR count). The molecule has 0 bridgehead atoms. The van der Waals surface area contributed by atoms with E-state index >= 15 is 0 Å². The van der Waals surface area contributed by atoms with Gasteiger partial charge in [0.25, 0.3) is 0 Å². The van der Waals surface area contributed by atoms with Gasteiger partial charge < -0.3 is 19.8 Å². The van der Waals surface area contributed by atoms with Crippen molar-refractivity contribution in [2.75, 3.05) is 19.7 Å². The number of carbonyl (C=O) groups excluding carboxylic acids is 1. The van der Waals surface area contributed by atoms with Gasteiger partial charge in [0.2, 0.25) is 5.91 Å². The second-order valence-electron chi connectivity index (χ2n) is 5.98. The van der Waals surface area contributed by atoms with Crippen LogP contribution in [0.5, 0.6) is 5.75 Å². The summed E-state index contributed by atoms with van der Waals surface area (Å²) in [5, 5.41) is 18.9. The molecule has 6 nitrogen and oxygen atoms in total. The van der Waals surface area contributed by atoms with Gasteiger partial charge >= 0.3 is 5.97 Å². The first-order valence-corrected chi connectivity index (χ1v) is 7.45. The average molecular weight is 305 g/mol. The van der Waals surface area contributed by atoms with Crippen LogP contribution in [0.1, 0.15) is 18.4 Å². The number of benzene rings is 1. The number of aliphatic hydroxyl groups is 1. The van der Waals surface area contributed by atoms with Crippen LogP contribution in [0.3, 0.4) is 0 Å². The van der Waals surface area contributed by atoms with E-state index in [0.29, 0.717) is 13.0 Å². The number of nitrogens with zero attached hydrogens (tertiary/aromatic N) is 1. The number of piperidine rings is 1. The molecule has 6 heteroatoms. The van der Waals surface area contributed by atoms with Gasteiger partial charge in [-0.15, -0.1) is 0 Å². The van der Waals surface area contributed by atoms with Crippen molar-refractivity contribution in [3.05, 3.63) is 29.8 Å². The summed E-state index contributed by atoms with van der Waals surface area (Å²) in [4.78, 5) is 25.2. The zero-order valence-electron chi connectivity index (χ0n) is 12.2. The van der Waals surface area contributed by atoms with E-state index in [2.05, 4.69) is 0 Å². The molecule has 0 aliphatic carbocycles. The Kier molecular flexibility index (Phi) is 3.78. The largest absolute Gasteiger partial charge is 0.492 e. The molecule has 22 heavy (non-hydrogen) atoms. The minimum atomic E-state index is -1.70. The van der Waals surface area contributed by atoms with Gasteiger partial charge in [-0.2, -0.15) is 0 Å². The van der Waals surface area contributed by atoms with Gasteiger partial charge in [-0.3, -0.25) is 4.79 Å². The molecule has 2 aliphatic rings. The molecule has 1 amide bonds. The van der Waals surface area contributed by atoms with Crippen molar-refractivity contribution in [1.29, 1.82) is 0 Å². The number of aliphatic carboxylic acids is 1. The quantitative estimate of drug-likeness (QED) is 0.839.